The van der Waals surface area contributed by atoms with E-state index in [1.165, 1.54) is 12.1 Å². The second kappa shape index (κ2) is 7.64. The summed E-state index contributed by atoms with van der Waals surface area (Å²) in [4.78, 5) is -0.0333. The van der Waals surface area contributed by atoms with E-state index >= 15 is 0 Å². The number of benzene rings is 1. The van der Waals surface area contributed by atoms with Crippen molar-refractivity contribution in [3.05, 3.63) is 29.8 Å². The average Bonchev–Trinajstić information content (AvgIpc) is 3.16. The molecular weight excluding hydrogens is 435 g/mol. The second-order valence-corrected chi connectivity index (χ2v) is 11.6. The fourth-order valence-corrected chi connectivity index (χ4v) is 6.74. The predicted molar refractivity (Wildman–Crippen MR) is 106 cm³/mol. The lowest BCUT2D eigenvalue weighted by Gasteiger charge is -2.37. The van der Waals surface area contributed by atoms with Gasteiger partial charge in [-0.05, 0) is 46.8 Å². The lowest BCUT2D eigenvalue weighted by molar-refractivity contribution is -0.173. The van der Waals surface area contributed by atoms with Gasteiger partial charge in [-0.1, -0.05) is 17.7 Å². The van der Waals surface area contributed by atoms with E-state index in [1.54, 1.807) is 39.8 Å². The monoisotopic (exact) mass is 462 g/mol. The van der Waals surface area contributed by atoms with Gasteiger partial charge in [-0.3, -0.25) is 8.75 Å². The maximum atomic E-state index is 13.0. The van der Waals surface area contributed by atoms with Crippen molar-refractivity contribution in [2.24, 2.45) is 0 Å². The fraction of sp³-hybridized carbons (Fsp3) is 0.684. The van der Waals surface area contributed by atoms with Crippen LogP contribution in [0.1, 0.15) is 33.3 Å². The van der Waals surface area contributed by atoms with Crippen LogP contribution >= 0.6 is 8.03 Å². The van der Waals surface area contributed by atoms with Crippen LogP contribution in [0.2, 0.25) is 0 Å². The smallest absolute Gasteiger partial charge is 0.297 e. The molecule has 3 saturated heterocycles. The van der Waals surface area contributed by atoms with E-state index in [2.05, 4.69) is 0 Å². The van der Waals surface area contributed by atoms with E-state index < -0.39 is 60.0 Å². The molecule has 3 fully saturated rings. The first kappa shape index (κ1) is 22.4. The Morgan fingerprint density at radius 1 is 0.967 bits per heavy atom. The van der Waals surface area contributed by atoms with Crippen molar-refractivity contribution in [3.8, 4) is 0 Å². The molecule has 0 saturated carbocycles. The Hall–Kier alpha value is -0.840. The molecule has 168 valence electrons. The molecule has 0 bridgehead atoms. The van der Waals surface area contributed by atoms with Gasteiger partial charge in [-0.2, -0.15) is 8.42 Å². The standard InChI is InChI=1S/C19H27O9PS/c1-11-6-8-12(9-7-11)30(21,22)28-17-16-15(25-19(4,5)26-16)14(27-29(17)20)13-10-23-18(2,3)24-13/h6-9,13-17,29H,10H2,1-5H3/t13-,14-,15+,16+,17-/m1/s1. The first-order valence-electron chi connectivity index (χ1n) is 9.75. The van der Waals surface area contributed by atoms with E-state index in [0.29, 0.717) is 0 Å². The third-order valence-corrected chi connectivity index (χ3v) is 8.10. The Morgan fingerprint density at radius 2 is 1.60 bits per heavy atom. The quantitative estimate of drug-likeness (QED) is 0.493. The largest absolute Gasteiger partial charge is 0.348 e. The Balaban J connectivity index is 1.60. The summed E-state index contributed by atoms with van der Waals surface area (Å²) in [5.41, 5.74) is 0.905. The van der Waals surface area contributed by atoms with E-state index in [-0.39, 0.29) is 11.5 Å². The Morgan fingerprint density at radius 3 is 2.20 bits per heavy atom. The van der Waals surface area contributed by atoms with Gasteiger partial charge in [-0.25, -0.2) is 0 Å². The summed E-state index contributed by atoms with van der Waals surface area (Å²) in [6.45, 7) is 9.01. The van der Waals surface area contributed by atoms with Crippen molar-refractivity contribution in [1.82, 2.24) is 0 Å². The van der Waals surface area contributed by atoms with Gasteiger partial charge in [0.05, 0.1) is 11.5 Å². The molecule has 1 aromatic rings. The molecule has 11 heteroatoms. The topological polar surface area (TPSA) is 107 Å². The summed E-state index contributed by atoms with van der Waals surface area (Å²) >= 11 is 0. The van der Waals surface area contributed by atoms with Crippen molar-refractivity contribution in [3.63, 3.8) is 0 Å². The number of rotatable bonds is 4. The molecular formula is C19H27O9PS. The van der Waals surface area contributed by atoms with Crippen molar-refractivity contribution < 1.29 is 40.6 Å². The second-order valence-electron chi connectivity index (χ2n) is 8.62. The molecule has 6 atom stereocenters. The summed E-state index contributed by atoms with van der Waals surface area (Å²) in [7, 11) is -7.18. The van der Waals surface area contributed by atoms with Crippen LogP contribution in [0, 0.1) is 6.92 Å². The van der Waals surface area contributed by atoms with E-state index in [0.717, 1.165) is 5.56 Å². The number of hydrogen-bond acceptors (Lipinski definition) is 9. The van der Waals surface area contributed by atoms with E-state index in [9.17, 15) is 13.0 Å². The van der Waals surface area contributed by atoms with Crippen LogP contribution in [0.5, 0.6) is 0 Å². The van der Waals surface area contributed by atoms with E-state index in [1.807, 2.05) is 6.92 Å². The molecule has 30 heavy (non-hydrogen) atoms. The Kier molecular flexibility index (Phi) is 5.69. The van der Waals surface area contributed by atoms with Crippen LogP contribution < -0.4 is 0 Å². The first-order valence-corrected chi connectivity index (χ1v) is 12.5. The fourth-order valence-electron chi connectivity index (χ4n) is 3.86. The first-order chi connectivity index (χ1) is 13.9. The van der Waals surface area contributed by atoms with Gasteiger partial charge in [0.15, 0.2) is 17.4 Å². The molecule has 3 aliphatic rings. The van der Waals surface area contributed by atoms with Gasteiger partial charge in [0.2, 0.25) is 8.03 Å². The highest BCUT2D eigenvalue weighted by Gasteiger charge is 2.59. The van der Waals surface area contributed by atoms with Gasteiger partial charge in [0.1, 0.15) is 24.4 Å². The Labute approximate surface area is 176 Å². The van der Waals surface area contributed by atoms with Gasteiger partial charge in [-0.15, -0.1) is 0 Å². The lowest BCUT2D eigenvalue weighted by atomic mass is 10.0. The SMILES string of the molecule is Cc1ccc(S(=O)(=O)O[C@H]2[C@H]3OC(C)(C)O[C@H]3[C@@H]([C@H]3COC(C)(C)O3)O[PH]2=O)cc1. The summed E-state index contributed by atoms with van der Waals surface area (Å²) < 4.78 is 73.0. The normalized spacial score (nSPS) is 37.8. The van der Waals surface area contributed by atoms with Gasteiger partial charge in [0.25, 0.3) is 10.1 Å². The number of aryl methyl sites for hydroxylation is 1. The van der Waals surface area contributed by atoms with E-state index in [4.69, 9.17) is 27.7 Å². The number of ether oxygens (including phenoxy) is 4. The summed E-state index contributed by atoms with van der Waals surface area (Å²) in [6.07, 6.45) is -2.92. The molecule has 0 spiro atoms. The molecule has 0 N–H and O–H groups in total. The third kappa shape index (κ3) is 4.38. The maximum absolute atomic E-state index is 13.0. The van der Waals surface area contributed by atoms with Crippen LogP contribution in [-0.2, 0) is 42.3 Å². The molecule has 3 heterocycles. The van der Waals surface area contributed by atoms with Crippen LogP contribution in [0.4, 0.5) is 0 Å². The zero-order chi connectivity index (χ0) is 21.9. The summed E-state index contributed by atoms with van der Waals surface area (Å²) in [6, 6.07) is 6.20. The van der Waals surface area contributed by atoms with Crippen LogP contribution in [-0.4, -0.2) is 56.9 Å². The predicted octanol–water partition coefficient (Wildman–Crippen LogP) is 2.57. The van der Waals surface area contributed by atoms with Crippen molar-refractivity contribution in [2.75, 3.05) is 6.61 Å². The zero-order valence-corrected chi connectivity index (χ0v) is 19.3. The molecule has 4 rings (SSSR count). The molecule has 3 aliphatic heterocycles. The molecule has 0 aromatic heterocycles. The highest BCUT2D eigenvalue weighted by atomic mass is 32.2. The zero-order valence-electron chi connectivity index (χ0n) is 17.5. The Bertz CT molecular complexity index is 928. The van der Waals surface area contributed by atoms with Gasteiger partial charge in [0, 0.05) is 0 Å². The molecule has 0 aliphatic carbocycles. The molecule has 0 amide bonds. The molecule has 9 nitrogen and oxygen atoms in total. The third-order valence-electron chi connectivity index (χ3n) is 5.21. The van der Waals surface area contributed by atoms with Crippen LogP contribution in [0.3, 0.4) is 0 Å². The molecule has 1 unspecified atom stereocenters. The van der Waals surface area contributed by atoms with Crippen molar-refractivity contribution >= 4 is 18.1 Å². The molecule has 0 radical (unpaired) electrons. The lowest BCUT2D eigenvalue weighted by Crippen LogP contribution is -2.53. The minimum atomic E-state index is -4.19. The van der Waals surface area contributed by atoms with Gasteiger partial charge >= 0.3 is 0 Å². The highest BCUT2D eigenvalue weighted by Crippen LogP contribution is 2.51. The summed E-state index contributed by atoms with van der Waals surface area (Å²) in [5, 5.41) is 0. The summed E-state index contributed by atoms with van der Waals surface area (Å²) in [5.74, 6) is -3.16. The number of fused-ring (bicyclic) bond motifs is 1. The van der Waals surface area contributed by atoms with Crippen molar-refractivity contribution in [1.29, 1.82) is 0 Å². The molecule has 1 aromatic carbocycles. The highest BCUT2D eigenvalue weighted by molar-refractivity contribution is 7.87. The van der Waals surface area contributed by atoms with Crippen LogP contribution in [0.15, 0.2) is 29.2 Å². The minimum Gasteiger partial charge on any atom is -0.348 e. The average molecular weight is 462 g/mol. The van der Waals surface area contributed by atoms with Crippen molar-refractivity contribution in [2.45, 2.75) is 81.3 Å². The number of hydrogen-bond donors (Lipinski definition) is 0. The van der Waals surface area contributed by atoms with Gasteiger partial charge < -0.3 is 23.5 Å². The van der Waals surface area contributed by atoms with Crippen LogP contribution in [0.25, 0.3) is 0 Å². The maximum Gasteiger partial charge on any atom is 0.297 e. The minimum absolute atomic E-state index is 0.0333.